The summed E-state index contributed by atoms with van der Waals surface area (Å²) in [4.78, 5) is 40.9. The smallest absolute Gasteiger partial charge is 0.348 e. The minimum absolute atomic E-state index is 0.0426. The predicted molar refractivity (Wildman–Crippen MR) is 93.1 cm³/mol. The van der Waals surface area contributed by atoms with Gasteiger partial charge in [-0.3, -0.25) is 14.9 Å². The summed E-state index contributed by atoms with van der Waals surface area (Å²) < 4.78 is 9.61. The maximum Gasteiger partial charge on any atom is 0.348 e. The third kappa shape index (κ3) is 4.43. The second-order valence-corrected chi connectivity index (χ2v) is 7.43. The maximum atomic E-state index is 12.0. The number of ether oxygens (including phenoxy) is 2. The van der Waals surface area contributed by atoms with Gasteiger partial charge in [0.25, 0.3) is 5.91 Å². The van der Waals surface area contributed by atoms with Crippen LogP contribution in [0.5, 0.6) is 0 Å². The van der Waals surface area contributed by atoms with E-state index in [4.69, 9.17) is 4.74 Å². The summed E-state index contributed by atoms with van der Waals surface area (Å²) in [6.07, 6.45) is 3.18. The van der Waals surface area contributed by atoms with Crippen LogP contribution in [0.4, 0.5) is 5.13 Å². The van der Waals surface area contributed by atoms with E-state index >= 15 is 0 Å². The number of aromatic nitrogens is 1. The molecule has 1 N–H and O–H groups in total. The van der Waals surface area contributed by atoms with Crippen molar-refractivity contribution < 1.29 is 23.9 Å². The van der Waals surface area contributed by atoms with Crippen molar-refractivity contribution in [2.24, 2.45) is 0 Å². The Bertz CT molecular complexity index is 790. The Morgan fingerprint density at radius 2 is 2.16 bits per heavy atom. The normalized spacial score (nSPS) is 12.5. The Hall–Kier alpha value is -2.26. The van der Waals surface area contributed by atoms with Gasteiger partial charge in [-0.25, -0.2) is 9.78 Å². The lowest BCUT2D eigenvalue weighted by molar-refractivity contribution is -0.139. The molecule has 9 heteroatoms. The number of fused-ring (bicyclic) bond motifs is 1. The molecule has 0 saturated heterocycles. The molecule has 0 bridgehead atoms. The van der Waals surface area contributed by atoms with Crippen molar-refractivity contribution in [3.8, 4) is 0 Å². The van der Waals surface area contributed by atoms with Gasteiger partial charge in [0.2, 0.25) is 0 Å². The molecule has 7 nitrogen and oxygen atoms in total. The molecule has 2 aromatic rings. The van der Waals surface area contributed by atoms with Gasteiger partial charge in [-0.2, -0.15) is 0 Å². The van der Waals surface area contributed by atoms with Crippen LogP contribution in [0.1, 0.15) is 32.2 Å². The van der Waals surface area contributed by atoms with Crippen molar-refractivity contribution in [2.45, 2.75) is 25.7 Å². The van der Waals surface area contributed by atoms with Crippen molar-refractivity contribution in [3.63, 3.8) is 0 Å². The van der Waals surface area contributed by atoms with Gasteiger partial charge in [0, 0.05) is 10.3 Å². The van der Waals surface area contributed by atoms with Gasteiger partial charge in [0.05, 0.1) is 19.2 Å². The minimum atomic E-state index is -0.486. The first-order valence-corrected chi connectivity index (χ1v) is 9.34. The first kappa shape index (κ1) is 17.6. The predicted octanol–water partition coefficient (Wildman–Crippen LogP) is 2.20. The number of esters is 2. The zero-order valence-corrected chi connectivity index (χ0v) is 15.1. The van der Waals surface area contributed by atoms with Gasteiger partial charge in [-0.1, -0.05) is 0 Å². The minimum Gasteiger partial charge on any atom is -0.469 e. The van der Waals surface area contributed by atoms with Crippen LogP contribution in [0.25, 0.3) is 0 Å². The van der Waals surface area contributed by atoms with Crippen molar-refractivity contribution in [1.29, 1.82) is 0 Å². The number of rotatable bonds is 6. The van der Waals surface area contributed by atoms with E-state index in [0.717, 1.165) is 19.3 Å². The molecule has 1 aliphatic carbocycles. The highest BCUT2D eigenvalue weighted by Crippen LogP contribution is 2.30. The summed E-state index contributed by atoms with van der Waals surface area (Å²) >= 11 is 2.62. The molecule has 0 aliphatic heterocycles. The number of nitrogens with one attached hydrogen (secondary N) is 1. The number of hydrogen-bond acceptors (Lipinski definition) is 8. The topological polar surface area (TPSA) is 94.6 Å². The molecular formula is C16H16N2O5S2. The Morgan fingerprint density at radius 3 is 2.92 bits per heavy atom. The zero-order valence-electron chi connectivity index (χ0n) is 13.5. The van der Waals surface area contributed by atoms with E-state index in [9.17, 15) is 14.4 Å². The van der Waals surface area contributed by atoms with Crippen LogP contribution < -0.4 is 5.32 Å². The van der Waals surface area contributed by atoms with Crippen LogP contribution >= 0.6 is 22.7 Å². The Labute approximate surface area is 152 Å². The Kier molecular flexibility index (Phi) is 5.44. The third-order valence-electron chi connectivity index (χ3n) is 3.63. The van der Waals surface area contributed by atoms with Crippen LogP contribution in [0.15, 0.2) is 11.4 Å². The average Bonchev–Trinajstić information content (AvgIpc) is 3.28. The molecule has 0 unspecified atom stereocenters. The van der Waals surface area contributed by atoms with Gasteiger partial charge in [-0.05, 0) is 30.9 Å². The van der Waals surface area contributed by atoms with E-state index in [2.05, 4.69) is 15.0 Å². The highest BCUT2D eigenvalue weighted by molar-refractivity contribution is 7.14. The lowest BCUT2D eigenvalue weighted by Gasteiger charge is -2.03. The molecule has 0 aromatic carbocycles. The summed E-state index contributed by atoms with van der Waals surface area (Å²) in [5, 5.41) is 4.54. The van der Waals surface area contributed by atoms with E-state index in [1.54, 1.807) is 5.38 Å². The lowest BCUT2D eigenvalue weighted by Crippen LogP contribution is -2.20. The number of hydrogen-bond donors (Lipinski definition) is 1. The largest absolute Gasteiger partial charge is 0.469 e. The van der Waals surface area contributed by atoms with Crippen LogP contribution in [-0.2, 0) is 38.3 Å². The molecule has 3 rings (SSSR count). The molecular weight excluding hydrogens is 364 g/mol. The number of amides is 1. The highest BCUT2D eigenvalue weighted by atomic mass is 32.1. The lowest BCUT2D eigenvalue weighted by atomic mass is 10.2. The quantitative estimate of drug-likeness (QED) is 0.772. The monoisotopic (exact) mass is 380 g/mol. The highest BCUT2D eigenvalue weighted by Gasteiger charge is 2.20. The standard InChI is InChI=1S/C16H16N2O5S2/c1-22-14(20)6-10-8-24-16(17-10)18-13(19)7-23-15(21)12-5-9-3-2-4-11(9)25-12/h5,8H,2-4,6-7H2,1H3,(H,17,18,19). The van der Waals surface area contributed by atoms with Gasteiger partial charge >= 0.3 is 11.9 Å². The molecule has 1 aliphatic rings. The van der Waals surface area contributed by atoms with E-state index in [1.807, 2.05) is 6.07 Å². The molecule has 25 heavy (non-hydrogen) atoms. The van der Waals surface area contributed by atoms with Crippen LogP contribution in [0.3, 0.4) is 0 Å². The Morgan fingerprint density at radius 1 is 1.32 bits per heavy atom. The molecule has 0 saturated carbocycles. The van der Waals surface area contributed by atoms with Crippen molar-refractivity contribution in [3.05, 3.63) is 32.5 Å². The van der Waals surface area contributed by atoms with Crippen molar-refractivity contribution in [1.82, 2.24) is 4.98 Å². The summed E-state index contributed by atoms with van der Waals surface area (Å²) in [7, 11) is 1.30. The fourth-order valence-corrected chi connectivity index (χ4v) is 4.33. The first-order chi connectivity index (χ1) is 12.0. The maximum absolute atomic E-state index is 12.0. The molecule has 132 valence electrons. The molecule has 2 heterocycles. The molecule has 2 aromatic heterocycles. The van der Waals surface area contributed by atoms with E-state index < -0.39 is 17.8 Å². The summed E-state index contributed by atoms with van der Waals surface area (Å²) in [6.45, 7) is -0.382. The fraction of sp³-hybridized carbons (Fsp3) is 0.375. The van der Waals surface area contributed by atoms with Crippen molar-refractivity contribution >= 4 is 45.7 Å². The van der Waals surface area contributed by atoms with Crippen LogP contribution in [0.2, 0.25) is 0 Å². The molecule has 0 radical (unpaired) electrons. The fourth-order valence-electron chi connectivity index (χ4n) is 2.45. The summed E-state index contributed by atoms with van der Waals surface area (Å²) in [5.74, 6) is -1.36. The average molecular weight is 380 g/mol. The third-order valence-corrected chi connectivity index (χ3v) is 5.66. The second-order valence-electron chi connectivity index (χ2n) is 5.43. The number of aryl methyl sites for hydroxylation is 2. The van der Waals surface area contributed by atoms with E-state index in [-0.39, 0.29) is 13.0 Å². The zero-order chi connectivity index (χ0) is 17.8. The molecule has 0 fully saturated rings. The van der Waals surface area contributed by atoms with Crippen LogP contribution in [0, 0.1) is 0 Å². The van der Waals surface area contributed by atoms with Gasteiger partial charge in [0.15, 0.2) is 11.7 Å². The van der Waals surface area contributed by atoms with Crippen LogP contribution in [-0.4, -0.2) is 36.5 Å². The number of methoxy groups -OCH3 is 1. The first-order valence-electron chi connectivity index (χ1n) is 7.65. The number of nitrogens with zero attached hydrogens (tertiary/aromatic N) is 1. The summed E-state index contributed by atoms with van der Waals surface area (Å²) in [5.41, 5.74) is 1.72. The SMILES string of the molecule is COC(=O)Cc1csc(NC(=O)COC(=O)c2cc3c(s2)CCC3)n1. The van der Waals surface area contributed by atoms with E-state index in [0.29, 0.717) is 15.7 Å². The molecule has 1 amide bonds. The van der Waals surface area contributed by atoms with Gasteiger partial charge < -0.3 is 9.47 Å². The summed E-state index contributed by atoms with van der Waals surface area (Å²) in [6, 6.07) is 1.85. The molecule has 0 spiro atoms. The number of carbonyl (C=O) groups excluding carboxylic acids is 3. The van der Waals surface area contributed by atoms with Gasteiger partial charge in [-0.15, -0.1) is 22.7 Å². The number of thiazole rings is 1. The molecule has 0 atom stereocenters. The number of carbonyl (C=O) groups is 3. The van der Waals surface area contributed by atoms with E-state index in [1.165, 1.54) is 40.2 Å². The van der Waals surface area contributed by atoms with Crippen molar-refractivity contribution in [2.75, 3.05) is 19.0 Å². The van der Waals surface area contributed by atoms with Gasteiger partial charge in [0.1, 0.15) is 4.88 Å². The number of anilines is 1. The Balaban J connectivity index is 1.47. The number of thiophene rings is 1. The second kappa shape index (κ2) is 7.75.